The summed E-state index contributed by atoms with van der Waals surface area (Å²) in [7, 11) is 0. The Morgan fingerprint density at radius 3 is 2.31 bits per heavy atom. The van der Waals surface area contributed by atoms with Crippen molar-refractivity contribution >= 4 is 29.2 Å². The molecule has 0 bridgehead atoms. The van der Waals surface area contributed by atoms with Gasteiger partial charge in [-0.1, -0.05) is 18.2 Å². The molecule has 1 aromatic heterocycles. The number of benzene rings is 1. The van der Waals surface area contributed by atoms with Gasteiger partial charge in [-0.05, 0) is 43.2 Å². The Bertz CT molecular complexity index is 841. The number of hydrogen-bond donors (Lipinski definition) is 3. The minimum atomic E-state index is -0.978. The van der Waals surface area contributed by atoms with Gasteiger partial charge in [0.15, 0.2) is 5.76 Å². The number of carboxylic acids is 1. The number of hydrogen-bond acceptors (Lipinski definition) is 4. The normalized spacial score (nSPS) is 18.9. The number of carboxylic acid groups (broad SMARTS) is 1. The summed E-state index contributed by atoms with van der Waals surface area (Å²) in [5, 5.41) is 14.7. The maximum Gasteiger partial charge on any atom is 0.307 e. The van der Waals surface area contributed by atoms with E-state index in [9.17, 15) is 19.5 Å². The molecular formula is C19H18N2O5. The van der Waals surface area contributed by atoms with Crippen molar-refractivity contribution in [3.63, 3.8) is 0 Å². The van der Waals surface area contributed by atoms with Crippen molar-refractivity contribution < 1.29 is 23.9 Å². The molecular weight excluding hydrogens is 336 g/mol. The van der Waals surface area contributed by atoms with E-state index in [2.05, 4.69) is 10.6 Å². The molecule has 3 rings (SSSR count). The van der Waals surface area contributed by atoms with Crippen LogP contribution in [0.3, 0.4) is 0 Å². The monoisotopic (exact) mass is 354 g/mol. The van der Waals surface area contributed by atoms with E-state index in [0.29, 0.717) is 24.2 Å². The first-order chi connectivity index (χ1) is 12.5. The van der Waals surface area contributed by atoms with Crippen molar-refractivity contribution in [2.75, 3.05) is 10.6 Å². The van der Waals surface area contributed by atoms with Gasteiger partial charge >= 0.3 is 5.97 Å². The highest BCUT2D eigenvalue weighted by Crippen LogP contribution is 2.27. The third kappa shape index (κ3) is 4.00. The fourth-order valence-corrected chi connectivity index (χ4v) is 2.89. The van der Waals surface area contributed by atoms with Gasteiger partial charge in [-0.2, -0.15) is 0 Å². The lowest BCUT2D eigenvalue weighted by Gasteiger charge is -2.24. The number of rotatable bonds is 5. The molecule has 26 heavy (non-hydrogen) atoms. The van der Waals surface area contributed by atoms with E-state index in [-0.39, 0.29) is 11.7 Å². The molecule has 0 radical (unpaired) electrons. The van der Waals surface area contributed by atoms with E-state index in [1.54, 1.807) is 42.5 Å². The Kier molecular flexibility index (Phi) is 5.17. The van der Waals surface area contributed by atoms with Gasteiger partial charge < -0.3 is 20.2 Å². The topological polar surface area (TPSA) is 109 Å². The summed E-state index contributed by atoms with van der Waals surface area (Å²) in [6, 6.07) is 9.80. The number of nitrogens with one attached hydrogen (secondary N) is 2. The van der Waals surface area contributed by atoms with Crippen LogP contribution in [0.25, 0.3) is 0 Å². The Morgan fingerprint density at radius 1 is 0.962 bits per heavy atom. The van der Waals surface area contributed by atoms with Gasteiger partial charge in [0.05, 0.1) is 18.1 Å². The number of amides is 2. The van der Waals surface area contributed by atoms with Crippen molar-refractivity contribution in [2.45, 2.75) is 12.8 Å². The highest BCUT2D eigenvalue weighted by Gasteiger charge is 2.33. The number of carbonyl (C=O) groups excluding carboxylic acids is 2. The second kappa shape index (κ2) is 7.69. The molecule has 1 heterocycles. The third-order valence-electron chi connectivity index (χ3n) is 4.22. The molecule has 3 N–H and O–H groups in total. The number of furan rings is 1. The molecule has 1 aromatic carbocycles. The van der Waals surface area contributed by atoms with Crippen LogP contribution >= 0.6 is 0 Å². The lowest BCUT2D eigenvalue weighted by molar-refractivity contribution is -0.146. The van der Waals surface area contributed by atoms with Gasteiger partial charge in [0.1, 0.15) is 0 Å². The van der Waals surface area contributed by atoms with Gasteiger partial charge in [0.25, 0.3) is 5.91 Å². The first-order valence-electron chi connectivity index (χ1n) is 8.18. The Hall–Kier alpha value is -3.35. The molecule has 1 aliphatic rings. The molecule has 0 fully saturated rings. The first kappa shape index (κ1) is 17.5. The van der Waals surface area contributed by atoms with E-state index >= 15 is 0 Å². The van der Waals surface area contributed by atoms with Crippen LogP contribution < -0.4 is 10.6 Å². The molecule has 7 nitrogen and oxygen atoms in total. The van der Waals surface area contributed by atoms with Gasteiger partial charge in [0.2, 0.25) is 5.91 Å². The van der Waals surface area contributed by atoms with Crippen molar-refractivity contribution in [3.05, 3.63) is 60.6 Å². The summed E-state index contributed by atoms with van der Waals surface area (Å²) in [6.45, 7) is 0. The van der Waals surface area contributed by atoms with Crippen molar-refractivity contribution in [3.8, 4) is 0 Å². The predicted molar refractivity (Wildman–Crippen MR) is 94.7 cm³/mol. The van der Waals surface area contributed by atoms with E-state index in [1.165, 1.54) is 6.26 Å². The van der Waals surface area contributed by atoms with Gasteiger partial charge in [-0.15, -0.1) is 0 Å². The quantitative estimate of drug-likeness (QED) is 0.715. The second-order valence-corrected chi connectivity index (χ2v) is 6.00. The summed E-state index contributed by atoms with van der Waals surface area (Å²) < 4.78 is 5.03. The zero-order valence-electron chi connectivity index (χ0n) is 13.8. The minimum Gasteiger partial charge on any atom is -0.481 e. The van der Waals surface area contributed by atoms with E-state index in [1.807, 2.05) is 6.08 Å². The summed E-state index contributed by atoms with van der Waals surface area (Å²) in [5.74, 6) is -2.91. The van der Waals surface area contributed by atoms with Crippen LogP contribution in [0.5, 0.6) is 0 Å². The van der Waals surface area contributed by atoms with Crippen LogP contribution in [-0.2, 0) is 9.59 Å². The number of aliphatic carboxylic acids is 1. The van der Waals surface area contributed by atoms with Gasteiger partial charge in [0, 0.05) is 11.4 Å². The van der Waals surface area contributed by atoms with E-state index in [0.717, 1.165) is 0 Å². The first-order valence-corrected chi connectivity index (χ1v) is 8.18. The molecule has 0 saturated heterocycles. The average molecular weight is 354 g/mol. The molecule has 2 amide bonds. The van der Waals surface area contributed by atoms with Crippen LogP contribution in [0, 0.1) is 11.8 Å². The van der Waals surface area contributed by atoms with Crippen molar-refractivity contribution in [1.29, 1.82) is 0 Å². The molecule has 0 unspecified atom stereocenters. The molecule has 7 heteroatoms. The highest BCUT2D eigenvalue weighted by atomic mass is 16.4. The molecule has 0 spiro atoms. The van der Waals surface area contributed by atoms with Crippen LogP contribution in [0.15, 0.2) is 59.2 Å². The lowest BCUT2D eigenvalue weighted by atomic mass is 9.82. The Morgan fingerprint density at radius 2 is 1.65 bits per heavy atom. The molecule has 2 aromatic rings. The van der Waals surface area contributed by atoms with Crippen LogP contribution in [0.1, 0.15) is 23.4 Å². The second-order valence-electron chi connectivity index (χ2n) is 6.00. The molecule has 0 aliphatic heterocycles. The van der Waals surface area contributed by atoms with E-state index in [4.69, 9.17) is 4.42 Å². The largest absolute Gasteiger partial charge is 0.481 e. The van der Waals surface area contributed by atoms with Gasteiger partial charge in [-0.3, -0.25) is 14.4 Å². The Labute approximate surface area is 149 Å². The fourth-order valence-electron chi connectivity index (χ4n) is 2.89. The fraction of sp³-hybridized carbons (Fsp3) is 0.211. The molecule has 2 atom stereocenters. The van der Waals surface area contributed by atoms with E-state index < -0.39 is 23.7 Å². The smallest absolute Gasteiger partial charge is 0.307 e. The maximum absolute atomic E-state index is 12.5. The summed E-state index contributed by atoms with van der Waals surface area (Å²) in [4.78, 5) is 35.8. The third-order valence-corrected chi connectivity index (χ3v) is 4.22. The Balaban J connectivity index is 1.68. The number of allylic oxidation sites excluding steroid dienone is 2. The highest BCUT2D eigenvalue weighted by molar-refractivity contribution is 6.03. The van der Waals surface area contributed by atoms with Crippen LogP contribution in [0.4, 0.5) is 11.4 Å². The minimum absolute atomic E-state index is 0.178. The van der Waals surface area contributed by atoms with Gasteiger partial charge in [-0.25, -0.2) is 0 Å². The zero-order valence-corrected chi connectivity index (χ0v) is 13.8. The summed E-state index contributed by atoms with van der Waals surface area (Å²) in [5.41, 5.74) is 0.966. The lowest BCUT2D eigenvalue weighted by Crippen LogP contribution is -2.34. The van der Waals surface area contributed by atoms with Crippen LogP contribution in [-0.4, -0.2) is 22.9 Å². The molecule has 0 saturated carbocycles. The number of carbonyl (C=O) groups is 3. The zero-order chi connectivity index (χ0) is 18.5. The van der Waals surface area contributed by atoms with Crippen molar-refractivity contribution in [2.24, 2.45) is 11.8 Å². The summed E-state index contributed by atoms with van der Waals surface area (Å²) >= 11 is 0. The molecule has 134 valence electrons. The maximum atomic E-state index is 12.5. The SMILES string of the molecule is O=C(Nc1cccc(NC(=O)[C@H]2CC=CC[C@H]2C(=O)O)c1)c1ccco1. The average Bonchev–Trinajstić information content (AvgIpc) is 3.17. The molecule has 1 aliphatic carbocycles. The standard InChI is InChI=1S/C19H18N2O5/c22-17(14-7-1-2-8-15(14)19(24)25)20-12-5-3-6-13(11-12)21-18(23)16-9-4-10-26-16/h1-6,9-11,14-15H,7-8H2,(H,20,22)(H,21,23)(H,24,25)/t14-,15+/m0/s1. The van der Waals surface area contributed by atoms with Crippen molar-refractivity contribution in [1.82, 2.24) is 0 Å². The number of anilines is 2. The summed E-state index contributed by atoms with van der Waals surface area (Å²) in [6.07, 6.45) is 5.74. The van der Waals surface area contributed by atoms with Crippen LogP contribution in [0.2, 0.25) is 0 Å². The predicted octanol–water partition coefficient (Wildman–Crippen LogP) is 3.14.